The Labute approximate surface area is 166 Å². The molecule has 2 aromatic rings. The van der Waals surface area contributed by atoms with Crippen molar-refractivity contribution in [3.8, 4) is 0 Å². The van der Waals surface area contributed by atoms with E-state index in [2.05, 4.69) is 4.98 Å². The van der Waals surface area contributed by atoms with E-state index in [0.29, 0.717) is 44.7 Å². The Kier molecular flexibility index (Phi) is 5.04. The van der Waals surface area contributed by atoms with Crippen LogP contribution in [-0.4, -0.2) is 41.8 Å². The number of halogens is 3. The average Bonchev–Trinajstić information content (AvgIpc) is 3.00. The van der Waals surface area contributed by atoms with Crippen molar-refractivity contribution in [3.05, 3.63) is 33.3 Å². The predicted octanol–water partition coefficient (Wildman–Crippen LogP) is 1.81. The molecule has 0 saturated carbocycles. The number of alkyl halides is 3. The van der Waals surface area contributed by atoms with Crippen LogP contribution in [0.3, 0.4) is 0 Å². The molecule has 0 bridgehead atoms. The second kappa shape index (κ2) is 7.15. The molecule has 1 spiro atoms. The van der Waals surface area contributed by atoms with Crippen LogP contribution in [0.4, 0.5) is 24.0 Å². The summed E-state index contributed by atoms with van der Waals surface area (Å²) in [4.78, 5) is 18.2. The predicted molar refractivity (Wildman–Crippen MR) is 97.3 cm³/mol. The number of anilines is 1. The lowest BCUT2D eigenvalue weighted by Gasteiger charge is -2.38. The molecule has 0 aliphatic carbocycles. The van der Waals surface area contributed by atoms with Crippen molar-refractivity contribution in [2.75, 3.05) is 24.6 Å². The van der Waals surface area contributed by atoms with Gasteiger partial charge in [-0.3, -0.25) is 4.79 Å². The van der Waals surface area contributed by atoms with Gasteiger partial charge in [0.1, 0.15) is 4.70 Å². The molecule has 2 saturated heterocycles. The minimum absolute atomic E-state index is 0.00245. The standard InChI is InChI=1S/C17H18F3N3O5S/c1-9-8-27-16(28-9)2-4-22(5-3-16)15-21-14(24)11-6-10(17(18,19)20)7-12(23(25)26)13(11)29-15/h6-7,9,23,25H,2-5,8H2,1H3. The second-order valence-corrected chi connectivity index (χ2v) is 8.12. The first-order valence-electron chi connectivity index (χ1n) is 8.94. The third kappa shape index (κ3) is 3.83. The van der Waals surface area contributed by atoms with E-state index in [1.807, 2.05) is 6.92 Å². The number of nitrogens with zero attached hydrogens (tertiary/aromatic N) is 2. The lowest BCUT2D eigenvalue weighted by molar-refractivity contribution is -0.990. The molecule has 4 rings (SSSR count). The van der Waals surface area contributed by atoms with Gasteiger partial charge >= 0.3 is 6.18 Å². The van der Waals surface area contributed by atoms with Gasteiger partial charge in [0, 0.05) is 32.0 Å². The van der Waals surface area contributed by atoms with Gasteiger partial charge in [0.25, 0.3) is 5.56 Å². The van der Waals surface area contributed by atoms with E-state index in [-0.39, 0.29) is 21.3 Å². The van der Waals surface area contributed by atoms with E-state index in [0.717, 1.165) is 11.3 Å². The Morgan fingerprint density at radius 1 is 1.38 bits per heavy atom. The number of ether oxygens (including phenoxy) is 2. The topological polar surface area (TPSA) is 99.4 Å². The molecule has 2 atom stereocenters. The molecule has 1 aromatic carbocycles. The summed E-state index contributed by atoms with van der Waals surface area (Å²) in [5.41, 5.74) is -2.64. The Morgan fingerprint density at radius 2 is 2.07 bits per heavy atom. The van der Waals surface area contributed by atoms with E-state index >= 15 is 0 Å². The van der Waals surface area contributed by atoms with Gasteiger partial charge in [0.15, 0.2) is 16.6 Å². The van der Waals surface area contributed by atoms with E-state index in [9.17, 15) is 28.4 Å². The first kappa shape index (κ1) is 20.4. The maximum absolute atomic E-state index is 13.1. The summed E-state index contributed by atoms with van der Waals surface area (Å²) in [6.07, 6.45) is -3.70. The molecule has 0 amide bonds. The van der Waals surface area contributed by atoms with Crippen LogP contribution in [0.15, 0.2) is 16.9 Å². The Hall–Kier alpha value is -1.83. The van der Waals surface area contributed by atoms with Gasteiger partial charge in [-0.15, -0.1) is 0 Å². The van der Waals surface area contributed by atoms with Crippen molar-refractivity contribution in [3.63, 3.8) is 0 Å². The Morgan fingerprint density at radius 3 is 2.62 bits per heavy atom. The molecule has 2 N–H and O–H groups in total. The van der Waals surface area contributed by atoms with Crippen LogP contribution < -0.4 is 15.7 Å². The number of piperidine rings is 1. The van der Waals surface area contributed by atoms with Gasteiger partial charge in [-0.25, -0.2) is 5.21 Å². The third-order valence-electron chi connectivity index (χ3n) is 5.06. The second-order valence-electron chi connectivity index (χ2n) is 7.14. The van der Waals surface area contributed by atoms with Crippen LogP contribution in [0.25, 0.3) is 10.1 Å². The minimum Gasteiger partial charge on any atom is -0.595 e. The highest BCUT2D eigenvalue weighted by Gasteiger charge is 2.43. The molecule has 1 aromatic heterocycles. The number of fused-ring (bicyclic) bond motifs is 1. The lowest BCUT2D eigenvalue weighted by Crippen LogP contribution is -2.99. The number of hydrogen-bond donors (Lipinski definition) is 2. The maximum Gasteiger partial charge on any atom is 0.416 e. The van der Waals surface area contributed by atoms with Crippen LogP contribution in [-0.2, 0) is 15.7 Å². The van der Waals surface area contributed by atoms with Crippen molar-refractivity contribution in [2.24, 2.45) is 0 Å². The molecule has 2 fully saturated rings. The highest BCUT2D eigenvalue weighted by atomic mass is 32.1. The van der Waals surface area contributed by atoms with Crippen molar-refractivity contribution < 1.29 is 33.1 Å². The summed E-state index contributed by atoms with van der Waals surface area (Å²) >= 11 is 0.898. The van der Waals surface area contributed by atoms with Gasteiger partial charge in [-0.05, 0) is 13.0 Å². The number of rotatable bonds is 2. The third-order valence-corrected chi connectivity index (χ3v) is 6.24. The fourth-order valence-electron chi connectivity index (χ4n) is 3.62. The summed E-state index contributed by atoms with van der Waals surface area (Å²) < 4.78 is 50.9. The first-order valence-corrected chi connectivity index (χ1v) is 9.76. The molecule has 0 radical (unpaired) electrons. The van der Waals surface area contributed by atoms with E-state index in [1.54, 1.807) is 4.90 Å². The first-order chi connectivity index (χ1) is 13.6. The Bertz CT molecular complexity index is 989. The zero-order valence-corrected chi connectivity index (χ0v) is 16.1. The summed E-state index contributed by atoms with van der Waals surface area (Å²) in [5.74, 6) is -0.661. The molecule has 12 heteroatoms. The fourth-order valence-corrected chi connectivity index (χ4v) is 4.76. The zero-order valence-electron chi connectivity index (χ0n) is 15.3. The molecule has 29 heavy (non-hydrogen) atoms. The van der Waals surface area contributed by atoms with Crippen LogP contribution in [0, 0.1) is 5.21 Å². The zero-order chi connectivity index (χ0) is 21.0. The Balaban J connectivity index is 1.70. The maximum atomic E-state index is 13.1. The van der Waals surface area contributed by atoms with Crippen molar-refractivity contribution in [2.45, 2.75) is 37.8 Å². The van der Waals surface area contributed by atoms with Crippen LogP contribution in [0.5, 0.6) is 0 Å². The smallest absolute Gasteiger partial charge is 0.416 e. The SMILES string of the molecule is CC1COC2(CCN(c3nc(=O)c4cc(C(F)(F)F)cc([NH+]([O-])O)c4s3)CC2)O1. The van der Waals surface area contributed by atoms with Gasteiger partial charge < -0.3 is 19.6 Å². The van der Waals surface area contributed by atoms with Crippen molar-refractivity contribution in [1.29, 1.82) is 0 Å². The molecule has 8 nitrogen and oxygen atoms in total. The van der Waals surface area contributed by atoms with E-state index < -0.39 is 34.0 Å². The van der Waals surface area contributed by atoms with Crippen LogP contribution >= 0.6 is 11.3 Å². The van der Waals surface area contributed by atoms with Gasteiger partial charge in [-0.2, -0.15) is 23.4 Å². The fraction of sp³-hybridized carbons (Fsp3) is 0.529. The van der Waals surface area contributed by atoms with Gasteiger partial charge in [-0.1, -0.05) is 11.3 Å². The summed E-state index contributed by atoms with van der Waals surface area (Å²) in [6, 6.07) is 1.21. The van der Waals surface area contributed by atoms with E-state index in [4.69, 9.17) is 9.47 Å². The monoisotopic (exact) mass is 433 g/mol. The number of nitrogens with one attached hydrogen (secondary N) is 1. The number of hydrogen-bond acceptors (Lipinski definition) is 8. The van der Waals surface area contributed by atoms with Crippen molar-refractivity contribution >= 4 is 32.2 Å². The van der Waals surface area contributed by atoms with Crippen molar-refractivity contribution in [1.82, 2.24) is 4.98 Å². The number of benzene rings is 1. The molecule has 158 valence electrons. The van der Waals surface area contributed by atoms with Gasteiger partial charge in [0.05, 0.1) is 23.7 Å². The number of quaternary nitrogens is 1. The van der Waals surface area contributed by atoms with E-state index in [1.165, 1.54) is 0 Å². The van der Waals surface area contributed by atoms with Crippen LogP contribution in [0.2, 0.25) is 0 Å². The lowest BCUT2D eigenvalue weighted by atomic mass is 10.0. The van der Waals surface area contributed by atoms with Crippen LogP contribution in [0.1, 0.15) is 25.3 Å². The largest absolute Gasteiger partial charge is 0.595 e. The molecular formula is C17H18F3N3O5S. The van der Waals surface area contributed by atoms with Gasteiger partial charge in [0.2, 0.25) is 0 Å². The quantitative estimate of drug-likeness (QED) is 0.697. The number of aromatic nitrogens is 1. The summed E-state index contributed by atoms with van der Waals surface area (Å²) in [5, 5.41) is 19.3. The minimum atomic E-state index is -4.77. The molecule has 2 unspecified atom stereocenters. The summed E-state index contributed by atoms with van der Waals surface area (Å²) in [7, 11) is 0. The average molecular weight is 433 g/mol. The molecule has 2 aliphatic rings. The normalized spacial score (nSPS) is 23.1. The summed E-state index contributed by atoms with van der Waals surface area (Å²) in [6.45, 7) is 3.35. The highest BCUT2D eigenvalue weighted by molar-refractivity contribution is 7.22. The molecule has 3 heterocycles. The molecule has 2 aliphatic heterocycles. The highest BCUT2D eigenvalue weighted by Crippen LogP contribution is 2.38. The molecular weight excluding hydrogens is 415 g/mol.